The van der Waals surface area contributed by atoms with E-state index in [0.717, 1.165) is 81.6 Å². The molecule has 0 saturated carbocycles. The average Bonchev–Trinajstić information content (AvgIpc) is 4.13. The van der Waals surface area contributed by atoms with Gasteiger partial charge in [-0.2, -0.15) is 0 Å². The Morgan fingerprint density at radius 3 is 1.90 bits per heavy atom. The van der Waals surface area contributed by atoms with Crippen LogP contribution in [-0.2, 0) is 25.5 Å². The predicted octanol–water partition coefficient (Wildman–Crippen LogP) is 6.42. The number of hydrogen-bond donors (Lipinski definition) is 6. The van der Waals surface area contributed by atoms with Crippen molar-refractivity contribution >= 4 is 28.8 Å². The lowest BCUT2D eigenvalue weighted by Crippen LogP contribution is -2.52. The average molecular weight is 814 g/mol. The first kappa shape index (κ1) is 40.5. The number of likely N-dealkylation sites (tertiary alicyclic amines) is 2. The third-order valence-electron chi connectivity index (χ3n) is 11.9. The van der Waals surface area contributed by atoms with Crippen LogP contribution in [0.4, 0.5) is 4.79 Å². The van der Waals surface area contributed by atoms with Gasteiger partial charge in [0, 0.05) is 50.8 Å². The molecule has 0 spiro atoms. The van der Waals surface area contributed by atoms with E-state index in [4.69, 9.17) is 19.4 Å². The Kier molecular flexibility index (Phi) is 12.1. The number of imidazole rings is 2. The summed E-state index contributed by atoms with van der Waals surface area (Å²) < 4.78 is 10.7. The third kappa shape index (κ3) is 8.41. The van der Waals surface area contributed by atoms with Crippen LogP contribution in [0.5, 0.6) is 0 Å². The number of aromatic nitrogens is 5. The molecule has 3 aromatic heterocycles. The number of benzene rings is 3. The monoisotopic (exact) mass is 813 g/mol. The highest BCUT2D eigenvalue weighted by atomic mass is 16.5. The Labute approximate surface area is 347 Å². The van der Waals surface area contributed by atoms with Crippen LogP contribution in [-0.4, -0.2) is 110 Å². The molecule has 0 aliphatic carbocycles. The highest BCUT2D eigenvalue weighted by Gasteiger charge is 2.38. The Morgan fingerprint density at radius 1 is 0.800 bits per heavy atom. The molecule has 15 heteroatoms. The van der Waals surface area contributed by atoms with E-state index in [9.17, 15) is 19.5 Å². The fourth-order valence-electron chi connectivity index (χ4n) is 8.63. The predicted molar refractivity (Wildman–Crippen MR) is 227 cm³/mol. The molecular weight excluding hydrogens is 763 g/mol. The first-order valence-electron chi connectivity index (χ1n) is 20.4. The summed E-state index contributed by atoms with van der Waals surface area (Å²) in [5, 5.41) is 16.3. The molecule has 2 aliphatic heterocycles. The van der Waals surface area contributed by atoms with Gasteiger partial charge in [-0.3, -0.25) is 14.9 Å². The van der Waals surface area contributed by atoms with Crippen molar-refractivity contribution in [2.24, 2.45) is 0 Å². The second-order valence-corrected chi connectivity index (χ2v) is 15.5. The summed E-state index contributed by atoms with van der Waals surface area (Å²) in [7, 11) is 3.19. The van der Waals surface area contributed by atoms with E-state index < -0.39 is 18.2 Å². The topological polar surface area (TPSA) is 194 Å². The van der Waals surface area contributed by atoms with Crippen molar-refractivity contribution < 1.29 is 29.0 Å². The number of nitrogens with one attached hydrogen (secondary N) is 5. The normalized spacial score (nSPS) is 18.2. The van der Waals surface area contributed by atoms with Crippen LogP contribution in [0.2, 0.25) is 0 Å². The Bertz CT molecular complexity index is 2420. The van der Waals surface area contributed by atoms with Gasteiger partial charge in [-0.05, 0) is 66.5 Å². The molecule has 2 fully saturated rings. The number of carbonyl (C=O) groups is 3. The summed E-state index contributed by atoms with van der Waals surface area (Å²) in [5.41, 5.74) is 7.58. The van der Waals surface area contributed by atoms with E-state index in [-0.39, 0.29) is 43.2 Å². The van der Waals surface area contributed by atoms with Gasteiger partial charge in [0.1, 0.15) is 23.7 Å². The van der Waals surface area contributed by atoms with Crippen molar-refractivity contribution in [3.8, 4) is 33.6 Å². The molecule has 2 saturated heterocycles. The largest absolute Gasteiger partial charge is 0.465 e. The van der Waals surface area contributed by atoms with Crippen LogP contribution in [0.25, 0.3) is 44.5 Å². The van der Waals surface area contributed by atoms with Crippen molar-refractivity contribution in [2.75, 3.05) is 34.0 Å². The summed E-state index contributed by atoms with van der Waals surface area (Å²) in [6.45, 7) is 3.29. The van der Waals surface area contributed by atoms with Crippen molar-refractivity contribution in [1.29, 1.82) is 0 Å². The van der Waals surface area contributed by atoms with Crippen LogP contribution < -0.4 is 10.6 Å². The molecule has 0 bridgehead atoms. The number of ether oxygens (including phenoxy) is 2. The number of amides is 3. The van der Waals surface area contributed by atoms with Crippen LogP contribution >= 0.6 is 0 Å². The lowest BCUT2D eigenvalue weighted by Gasteiger charge is -2.30. The fourth-order valence-corrected chi connectivity index (χ4v) is 8.63. The number of para-hydroxylation sites is 1. The Balaban J connectivity index is 0.917. The van der Waals surface area contributed by atoms with Crippen molar-refractivity contribution in [3.63, 3.8) is 0 Å². The lowest BCUT2D eigenvalue weighted by molar-refractivity contribution is -0.138. The molecule has 6 aromatic rings. The maximum absolute atomic E-state index is 14.0. The summed E-state index contributed by atoms with van der Waals surface area (Å²) >= 11 is 0. The van der Waals surface area contributed by atoms with Gasteiger partial charge in [0.05, 0.1) is 48.7 Å². The number of nitrogens with zero attached hydrogens (tertiary/aromatic N) is 4. The quantitative estimate of drug-likeness (QED) is 0.0635. The van der Waals surface area contributed by atoms with E-state index in [1.807, 2.05) is 60.6 Å². The molecule has 5 atom stereocenters. The minimum absolute atomic E-state index is 0.0311. The van der Waals surface area contributed by atoms with Crippen LogP contribution in [0.1, 0.15) is 61.9 Å². The number of rotatable bonds is 15. The van der Waals surface area contributed by atoms with Crippen molar-refractivity contribution in [3.05, 3.63) is 109 Å². The molecule has 8 rings (SSSR count). The molecule has 0 unspecified atom stereocenters. The second-order valence-electron chi connectivity index (χ2n) is 15.5. The minimum Gasteiger partial charge on any atom is -0.465 e. The van der Waals surface area contributed by atoms with Crippen molar-refractivity contribution in [2.45, 2.75) is 69.3 Å². The summed E-state index contributed by atoms with van der Waals surface area (Å²) in [6.07, 6.45) is 7.35. The second kappa shape index (κ2) is 17.9. The number of H-pyrrole nitrogens is 3. The number of carbonyl (C=O) groups excluding carboxylic acids is 2. The van der Waals surface area contributed by atoms with Gasteiger partial charge in [0.2, 0.25) is 11.8 Å². The summed E-state index contributed by atoms with van der Waals surface area (Å²) in [6, 6.07) is 22.4. The molecule has 6 N–H and O–H groups in total. The smallest absolute Gasteiger partial charge is 0.405 e. The number of fused-ring (bicyclic) bond motifs is 1. The number of hydrogen-bond acceptors (Lipinski definition) is 8. The maximum atomic E-state index is 14.0. The van der Waals surface area contributed by atoms with Gasteiger partial charge in [-0.15, -0.1) is 0 Å². The van der Waals surface area contributed by atoms with Gasteiger partial charge < -0.3 is 44.6 Å². The standard InChI is InChI=1S/C45H51N9O6/c1-27(60-3)40(49-26-59-2)44(56)54-21-7-11-39(54)42-48-25-37(51-42)31-18-14-29(15-19-31)28-12-16-30(17-13-28)36-24-47-41(50-36)38-10-6-20-53(38)43(55)35(52-45(57)58)22-32-23-46-34-9-5-4-8-33(32)34/h4-5,8-9,12-19,23-25,27,35,38-40,46,49,52H,6-7,10-11,20-22,26H2,1-3H3,(H,47,50)(H,48,51)(H,57,58)/t27-,35+,38+,39+,40+/m1/s1. The number of aromatic amines is 3. The molecule has 60 heavy (non-hydrogen) atoms. The Hall–Kier alpha value is -6.29. The zero-order valence-electron chi connectivity index (χ0n) is 34.0. The molecule has 0 radical (unpaired) electrons. The Morgan fingerprint density at radius 2 is 1.35 bits per heavy atom. The van der Waals surface area contributed by atoms with E-state index in [0.29, 0.717) is 18.9 Å². The highest BCUT2D eigenvalue weighted by Crippen LogP contribution is 2.35. The van der Waals surface area contributed by atoms with Gasteiger partial charge in [0.15, 0.2) is 0 Å². The third-order valence-corrected chi connectivity index (χ3v) is 11.9. The van der Waals surface area contributed by atoms with Gasteiger partial charge >= 0.3 is 6.09 Å². The van der Waals surface area contributed by atoms with Crippen molar-refractivity contribution in [1.82, 2.24) is 45.4 Å². The zero-order chi connectivity index (χ0) is 41.8. The maximum Gasteiger partial charge on any atom is 0.405 e. The first-order chi connectivity index (χ1) is 29.2. The van der Waals surface area contributed by atoms with Crippen LogP contribution in [0.15, 0.2) is 91.4 Å². The molecule has 312 valence electrons. The minimum atomic E-state index is -1.24. The van der Waals surface area contributed by atoms with E-state index in [1.54, 1.807) is 25.3 Å². The summed E-state index contributed by atoms with van der Waals surface area (Å²) in [4.78, 5) is 62.6. The fraction of sp³-hybridized carbons (Fsp3) is 0.356. The number of methoxy groups -OCH3 is 2. The van der Waals surface area contributed by atoms with E-state index >= 15 is 0 Å². The van der Waals surface area contributed by atoms with E-state index in [1.165, 1.54) is 0 Å². The number of carboxylic acid groups (broad SMARTS) is 1. The highest BCUT2D eigenvalue weighted by molar-refractivity contribution is 5.88. The van der Waals surface area contributed by atoms with E-state index in [2.05, 4.69) is 62.0 Å². The lowest BCUT2D eigenvalue weighted by atomic mass is 10.0. The molecule has 15 nitrogen and oxygen atoms in total. The zero-order valence-corrected chi connectivity index (χ0v) is 34.0. The molecule has 5 heterocycles. The SMILES string of the molecule is COCN[C@H](C(=O)N1CCC[C@H]1c1ncc(-c2ccc(-c3ccc(-c4cnc([C@@H]5CCCN5C(=O)[C@H](Cc5c[nH]c6ccccc56)NC(=O)O)[nH]4)cc3)cc2)[nH]1)[C@@H](C)OC. The molecule has 3 aromatic carbocycles. The first-order valence-corrected chi connectivity index (χ1v) is 20.4. The molecular formula is C45H51N9O6. The molecule has 3 amide bonds. The van der Waals surface area contributed by atoms with Crippen LogP contribution in [0.3, 0.4) is 0 Å². The van der Waals surface area contributed by atoms with Crippen LogP contribution in [0, 0.1) is 0 Å². The van der Waals surface area contributed by atoms with Gasteiger partial charge in [-0.25, -0.2) is 14.8 Å². The summed E-state index contributed by atoms with van der Waals surface area (Å²) in [5.74, 6) is 1.14. The van der Waals surface area contributed by atoms with Gasteiger partial charge in [0.25, 0.3) is 0 Å². The van der Waals surface area contributed by atoms with Gasteiger partial charge in [-0.1, -0.05) is 66.7 Å². The molecule has 2 aliphatic rings.